The molecule has 0 radical (unpaired) electrons. The van der Waals surface area contributed by atoms with E-state index in [1.54, 1.807) is 19.2 Å². The highest BCUT2D eigenvalue weighted by Crippen LogP contribution is 2.24. The van der Waals surface area contributed by atoms with E-state index >= 15 is 0 Å². The van der Waals surface area contributed by atoms with E-state index < -0.39 is 0 Å². The number of phenolic OH excluding ortho intramolecular Hbond substituents is 1. The van der Waals surface area contributed by atoms with E-state index in [0.29, 0.717) is 5.75 Å². The Bertz CT molecular complexity index is 541. The summed E-state index contributed by atoms with van der Waals surface area (Å²) in [7, 11) is 1.66. The maximum absolute atomic E-state index is 9.37. The fourth-order valence-corrected chi connectivity index (χ4v) is 1.79. The van der Waals surface area contributed by atoms with Gasteiger partial charge in [0.1, 0.15) is 11.5 Å². The van der Waals surface area contributed by atoms with Crippen LogP contribution in [0.4, 0.5) is 0 Å². The van der Waals surface area contributed by atoms with Gasteiger partial charge < -0.3 is 9.84 Å². The van der Waals surface area contributed by atoms with Gasteiger partial charge in [0, 0.05) is 5.56 Å². The summed E-state index contributed by atoms with van der Waals surface area (Å²) in [5, 5.41) is 11.5. The molecular formula is C14H14O2. The Morgan fingerprint density at radius 1 is 1.12 bits per heavy atom. The van der Waals surface area contributed by atoms with Gasteiger partial charge in [0.2, 0.25) is 0 Å². The van der Waals surface area contributed by atoms with Gasteiger partial charge in [-0.2, -0.15) is 0 Å². The van der Waals surface area contributed by atoms with Crippen molar-refractivity contribution < 1.29 is 9.84 Å². The van der Waals surface area contributed by atoms with Crippen molar-refractivity contribution in [3.05, 3.63) is 48.0 Å². The van der Waals surface area contributed by atoms with Crippen molar-refractivity contribution in [3.63, 3.8) is 0 Å². The number of hydrogen-bond donors (Lipinski definition) is 1. The van der Waals surface area contributed by atoms with Crippen LogP contribution >= 0.6 is 0 Å². The maximum atomic E-state index is 9.37. The number of hydrogen-bond acceptors (Lipinski definition) is 2. The van der Waals surface area contributed by atoms with Gasteiger partial charge in [-0.25, -0.2) is 0 Å². The second kappa shape index (κ2) is 4.27. The lowest BCUT2D eigenvalue weighted by Crippen LogP contribution is -1.86. The van der Waals surface area contributed by atoms with Gasteiger partial charge in [-0.3, -0.25) is 0 Å². The first-order valence-corrected chi connectivity index (χ1v) is 5.18. The number of phenols is 1. The van der Waals surface area contributed by atoms with Crippen LogP contribution in [0.15, 0.2) is 42.5 Å². The van der Waals surface area contributed by atoms with Crippen molar-refractivity contribution >= 4 is 16.5 Å². The lowest BCUT2D eigenvalue weighted by Gasteiger charge is -2.07. The minimum atomic E-state index is 0.290. The molecule has 2 aromatic carbocycles. The molecule has 16 heavy (non-hydrogen) atoms. The molecule has 0 aliphatic rings. The molecule has 0 fully saturated rings. The van der Waals surface area contributed by atoms with E-state index in [9.17, 15) is 5.11 Å². The van der Waals surface area contributed by atoms with E-state index in [4.69, 9.17) is 4.74 Å². The Labute approximate surface area is 94.8 Å². The summed E-state index contributed by atoms with van der Waals surface area (Å²) < 4.78 is 5.27. The monoisotopic (exact) mass is 214 g/mol. The van der Waals surface area contributed by atoms with Crippen LogP contribution in [0.2, 0.25) is 0 Å². The van der Waals surface area contributed by atoms with Crippen LogP contribution in [0.3, 0.4) is 0 Å². The molecule has 0 atom stereocenters. The number of methoxy groups -OCH3 is 1. The predicted octanol–water partition coefficient (Wildman–Crippen LogP) is 3.55. The van der Waals surface area contributed by atoms with Gasteiger partial charge >= 0.3 is 0 Å². The van der Waals surface area contributed by atoms with Crippen LogP contribution in [-0.4, -0.2) is 12.2 Å². The number of aromatic hydroxyl groups is 1. The lowest BCUT2D eigenvalue weighted by molar-refractivity contribution is 0.369. The van der Waals surface area contributed by atoms with Gasteiger partial charge in [0.25, 0.3) is 0 Å². The zero-order valence-electron chi connectivity index (χ0n) is 9.40. The molecule has 0 amide bonds. The van der Waals surface area contributed by atoms with E-state index in [1.807, 2.05) is 37.3 Å². The number of ether oxygens (including phenoxy) is 1. The molecule has 0 spiro atoms. The maximum Gasteiger partial charge on any atom is 0.121 e. The van der Waals surface area contributed by atoms with Crippen molar-refractivity contribution in [2.45, 2.75) is 6.92 Å². The minimum Gasteiger partial charge on any atom is -0.508 e. The fourth-order valence-electron chi connectivity index (χ4n) is 1.79. The smallest absolute Gasteiger partial charge is 0.121 e. The van der Waals surface area contributed by atoms with Crippen LogP contribution in [0.25, 0.3) is 16.5 Å². The molecule has 0 heterocycles. The van der Waals surface area contributed by atoms with Crippen LogP contribution in [0, 0.1) is 0 Å². The Kier molecular flexibility index (Phi) is 2.82. The summed E-state index contributed by atoms with van der Waals surface area (Å²) >= 11 is 0. The van der Waals surface area contributed by atoms with Crippen LogP contribution in [0.5, 0.6) is 5.75 Å². The average molecular weight is 214 g/mol. The zero-order chi connectivity index (χ0) is 11.5. The summed E-state index contributed by atoms with van der Waals surface area (Å²) in [6.45, 7) is 1.94. The third kappa shape index (κ3) is 1.87. The van der Waals surface area contributed by atoms with Gasteiger partial charge in [-0.15, -0.1) is 0 Å². The van der Waals surface area contributed by atoms with Crippen molar-refractivity contribution in [2.75, 3.05) is 7.11 Å². The van der Waals surface area contributed by atoms with Gasteiger partial charge in [-0.1, -0.05) is 18.2 Å². The number of rotatable bonds is 2. The van der Waals surface area contributed by atoms with Crippen LogP contribution < -0.4 is 0 Å². The van der Waals surface area contributed by atoms with Crippen molar-refractivity contribution in [1.82, 2.24) is 0 Å². The molecule has 0 aliphatic heterocycles. The average Bonchev–Trinajstić information content (AvgIpc) is 2.31. The normalized spacial score (nSPS) is 11.8. The second-order valence-corrected chi connectivity index (χ2v) is 3.60. The molecule has 2 rings (SSSR count). The quantitative estimate of drug-likeness (QED) is 0.774. The molecule has 0 saturated heterocycles. The van der Waals surface area contributed by atoms with Crippen molar-refractivity contribution in [2.24, 2.45) is 0 Å². The summed E-state index contributed by atoms with van der Waals surface area (Å²) in [5.74, 6) is 1.15. The first kappa shape index (κ1) is 10.6. The summed E-state index contributed by atoms with van der Waals surface area (Å²) in [6.07, 6.45) is 1.93. The van der Waals surface area contributed by atoms with Crippen molar-refractivity contribution in [1.29, 1.82) is 0 Å². The third-order valence-corrected chi connectivity index (χ3v) is 2.59. The predicted molar refractivity (Wildman–Crippen MR) is 66.3 cm³/mol. The Morgan fingerprint density at radius 3 is 2.50 bits per heavy atom. The highest BCUT2D eigenvalue weighted by atomic mass is 16.5. The Balaban J connectivity index is 2.56. The minimum absolute atomic E-state index is 0.290. The molecule has 2 nitrogen and oxygen atoms in total. The molecule has 0 unspecified atom stereocenters. The molecule has 82 valence electrons. The van der Waals surface area contributed by atoms with E-state index in [-0.39, 0.29) is 0 Å². The summed E-state index contributed by atoms with van der Waals surface area (Å²) in [5.41, 5.74) is 1.04. The van der Waals surface area contributed by atoms with Gasteiger partial charge in [0.05, 0.1) is 7.11 Å². The SMILES string of the molecule is C/C=C(\OC)c1ccc2cc(O)ccc2c1. The number of benzene rings is 2. The third-order valence-electron chi connectivity index (χ3n) is 2.59. The first-order valence-electron chi connectivity index (χ1n) is 5.18. The summed E-state index contributed by atoms with van der Waals surface area (Å²) in [6, 6.07) is 11.4. The second-order valence-electron chi connectivity index (χ2n) is 3.60. The Hall–Kier alpha value is -1.96. The zero-order valence-corrected chi connectivity index (χ0v) is 9.40. The number of allylic oxidation sites excluding steroid dienone is 1. The lowest BCUT2D eigenvalue weighted by atomic mass is 10.1. The molecule has 0 aromatic heterocycles. The molecule has 2 heteroatoms. The largest absolute Gasteiger partial charge is 0.508 e. The number of fused-ring (bicyclic) bond motifs is 1. The highest BCUT2D eigenvalue weighted by molar-refractivity contribution is 5.86. The molecule has 1 N–H and O–H groups in total. The highest BCUT2D eigenvalue weighted by Gasteiger charge is 2.02. The van der Waals surface area contributed by atoms with Gasteiger partial charge in [0.15, 0.2) is 0 Å². The fraction of sp³-hybridized carbons (Fsp3) is 0.143. The Morgan fingerprint density at radius 2 is 1.81 bits per heavy atom. The molecule has 0 aliphatic carbocycles. The molecule has 0 bridgehead atoms. The van der Waals surface area contributed by atoms with E-state index in [0.717, 1.165) is 22.1 Å². The molecule has 0 saturated carbocycles. The summed E-state index contributed by atoms with van der Waals surface area (Å²) in [4.78, 5) is 0. The topological polar surface area (TPSA) is 29.5 Å². The van der Waals surface area contributed by atoms with E-state index in [2.05, 4.69) is 0 Å². The molecular weight excluding hydrogens is 200 g/mol. The standard InChI is InChI=1S/C14H14O2/c1-3-14(16-2)12-5-4-11-9-13(15)7-6-10(11)8-12/h3-9,15H,1-2H3/b14-3-. The first-order chi connectivity index (χ1) is 7.74. The van der Waals surface area contributed by atoms with Crippen molar-refractivity contribution in [3.8, 4) is 5.75 Å². The van der Waals surface area contributed by atoms with Crippen LogP contribution in [-0.2, 0) is 4.74 Å². The van der Waals surface area contributed by atoms with E-state index in [1.165, 1.54) is 0 Å². The molecule has 2 aromatic rings. The van der Waals surface area contributed by atoms with Gasteiger partial charge in [-0.05, 0) is 42.0 Å². The van der Waals surface area contributed by atoms with Crippen LogP contribution in [0.1, 0.15) is 12.5 Å².